The standard InChI is InChI=1S/C21H24ClN3O2.C15H24N4O2.C10H10BrClO3.C10H20N2O2.C5H5ClN2.C4H10O.BrH/c1-3-14-4-6-24(11-14)16-5-7-25-12-19(23-21(25)9-16)17-10-18(22)20(27-2)8-15(17)13-26;1-15(2,3)21-14(20)18-9-11-5-7-19(10-11)12-4-6-17-13(16)8-12;1-15-10-2-6(5-13)8(12)3-7(10)9(14)4-11;1-10(2,3)14-9(13)12-7-8-4-5-11-6-8;6-4-1-2-8-5(7)3-4;1-2-3-4-5;/h5,7-10,12,14,26H,3-4,6,11,13H2,1-2H3;4,6,8,11H,5,7,9-10H2,1-3H3,(H2,16,17)(H,18,20);2-3,13H,4-5H2,1H3;8,11H,4-7H2,1-3H3,(H,12,13);1-3H,(H2,7,8);5H,2-4H2,1H3;1H. The van der Waals surface area contributed by atoms with Crippen LogP contribution in [0.4, 0.5) is 32.6 Å². The van der Waals surface area contributed by atoms with Crippen molar-refractivity contribution in [2.24, 2.45) is 17.8 Å². The first-order valence-electron chi connectivity index (χ1n) is 30.1. The third kappa shape index (κ3) is 28.1. The Morgan fingerprint density at radius 1 is 0.725 bits per heavy atom. The van der Waals surface area contributed by atoms with E-state index in [1.807, 2.05) is 70.5 Å². The highest BCUT2D eigenvalue weighted by Crippen LogP contribution is 2.35. The van der Waals surface area contributed by atoms with Crippen molar-refractivity contribution in [3.63, 3.8) is 0 Å². The Bertz CT molecular complexity index is 3170. The average molecular weight is 1460 g/mol. The van der Waals surface area contributed by atoms with Crippen molar-refractivity contribution in [2.45, 2.75) is 118 Å². The Hall–Kier alpha value is -5.89. The second kappa shape index (κ2) is 40.3. The van der Waals surface area contributed by atoms with Gasteiger partial charge in [0.2, 0.25) is 0 Å². The number of alkyl carbamates (subject to hydrolysis) is 2. The minimum Gasteiger partial charge on any atom is -0.496 e. The molecule has 3 unspecified atom stereocenters. The maximum atomic E-state index is 11.6. The van der Waals surface area contributed by atoms with Gasteiger partial charge in [-0.1, -0.05) is 77.4 Å². The number of anilines is 4. The van der Waals surface area contributed by atoms with E-state index in [0.717, 1.165) is 99.0 Å². The Labute approximate surface area is 570 Å². The van der Waals surface area contributed by atoms with Crippen molar-refractivity contribution in [1.82, 2.24) is 35.3 Å². The number of methoxy groups -OCH3 is 2. The lowest BCUT2D eigenvalue weighted by Gasteiger charge is -2.21. The number of Topliss-reactive ketones (excluding diaryl/α,β-unsaturated/α-hetero) is 1. The fraction of sp³-hybridized carbons (Fsp3) is 0.508. The summed E-state index contributed by atoms with van der Waals surface area (Å²) in [6, 6.07) is 18.0. The highest BCUT2D eigenvalue weighted by Gasteiger charge is 2.26. The summed E-state index contributed by atoms with van der Waals surface area (Å²) in [5.41, 5.74) is 16.6. The van der Waals surface area contributed by atoms with E-state index in [4.69, 9.17) is 80.4 Å². The lowest BCUT2D eigenvalue weighted by atomic mass is 10.1. The number of nitrogens with two attached hydrogens (primary N) is 2. The number of alkyl halides is 1. The third-order valence-corrected chi connectivity index (χ3v) is 15.5. The molecule has 3 fully saturated rings. The molecule has 9 rings (SSSR count). The molecular formula is C65H94Br2Cl3N11O10. The number of imidazole rings is 1. The van der Waals surface area contributed by atoms with Crippen LogP contribution in [0.5, 0.6) is 11.5 Å². The number of fused-ring (bicyclic) bond motifs is 1. The van der Waals surface area contributed by atoms with E-state index in [2.05, 4.69) is 77.6 Å². The number of nitrogens with zero attached hydrogens (tertiary/aromatic N) is 6. The summed E-state index contributed by atoms with van der Waals surface area (Å²) >= 11 is 20.8. The molecule has 3 aliphatic rings. The SMILES string of the molecule is Br.CC(C)(C)OC(=O)NCC1CCN(c2ccnc(N)c2)C1.CC(C)(C)OC(=O)NCC1CCNC1.CCC1CCN(c2ccn3cc(-c4cc(Cl)c(OC)cc4CO)nc3c2)C1.CCCCO.COc1cc(CO)c(Cl)cc1C(=O)CBr.Nc1cc(Cl)ccn1. The number of nitrogen functional groups attached to an aromatic ring is 2. The number of aliphatic hydroxyl groups is 3. The molecule has 2 amide bonds. The molecule has 6 aromatic rings. The van der Waals surface area contributed by atoms with Crippen molar-refractivity contribution in [2.75, 3.05) is 99.8 Å². The highest BCUT2D eigenvalue weighted by atomic mass is 79.9. The largest absolute Gasteiger partial charge is 0.496 e. The van der Waals surface area contributed by atoms with E-state index in [1.165, 1.54) is 31.7 Å². The molecule has 2 aromatic carbocycles. The Kier molecular flexibility index (Phi) is 35.1. The summed E-state index contributed by atoms with van der Waals surface area (Å²) in [5.74, 6) is 3.61. The first-order chi connectivity index (χ1) is 42.8. The maximum absolute atomic E-state index is 11.6. The Morgan fingerprint density at radius 2 is 1.30 bits per heavy atom. The van der Waals surface area contributed by atoms with Crippen molar-refractivity contribution in [3.05, 3.63) is 117 Å². The Balaban J connectivity index is 0.000000303. The molecule has 3 atom stereocenters. The second-order valence-electron chi connectivity index (χ2n) is 23.6. The highest BCUT2D eigenvalue weighted by molar-refractivity contribution is 9.09. The number of ketones is 1. The number of aromatic nitrogens is 4. The molecule has 91 heavy (non-hydrogen) atoms. The molecule has 0 bridgehead atoms. The van der Waals surface area contributed by atoms with Crippen LogP contribution in [-0.2, 0) is 22.7 Å². The molecule has 7 heterocycles. The lowest BCUT2D eigenvalue weighted by Crippen LogP contribution is -2.36. The Morgan fingerprint density at radius 3 is 1.78 bits per heavy atom. The van der Waals surface area contributed by atoms with Crippen LogP contribution in [0, 0.1) is 17.8 Å². The second-order valence-corrected chi connectivity index (χ2v) is 25.4. The minimum absolute atomic E-state index is 0. The molecule has 3 saturated heterocycles. The van der Waals surface area contributed by atoms with Crippen molar-refractivity contribution >= 4 is 114 Å². The summed E-state index contributed by atoms with van der Waals surface area (Å²) < 4.78 is 22.7. The normalized spacial score (nSPS) is 15.7. The molecule has 10 N–H and O–H groups in total. The van der Waals surface area contributed by atoms with Crippen LogP contribution in [0.15, 0.2) is 85.5 Å². The minimum atomic E-state index is -0.458. The predicted octanol–water partition coefficient (Wildman–Crippen LogP) is 12.6. The summed E-state index contributed by atoms with van der Waals surface area (Å²) in [6.07, 6.45) is 13.3. The third-order valence-electron chi connectivity index (χ3n) is 14.2. The van der Waals surface area contributed by atoms with E-state index < -0.39 is 11.2 Å². The fourth-order valence-electron chi connectivity index (χ4n) is 9.41. The first kappa shape index (κ1) is 79.3. The zero-order chi connectivity index (χ0) is 66.6. The van der Waals surface area contributed by atoms with Gasteiger partial charge in [0.15, 0.2) is 5.78 Å². The molecule has 504 valence electrons. The van der Waals surface area contributed by atoms with Gasteiger partial charge in [0, 0.05) is 110 Å². The van der Waals surface area contributed by atoms with Crippen molar-refractivity contribution in [1.29, 1.82) is 0 Å². The van der Waals surface area contributed by atoms with Gasteiger partial charge in [-0.2, -0.15) is 0 Å². The van der Waals surface area contributed by atoms with Crippen LogP contribution in [-0.4, -0.2) is 142 Å². The van der Waals surface area contributed by atoms with Gasteiger partial charge in [0.1, 0.15) is 40.0 Å². The van der Waals surface area contributed by atoms with Gasteiger partial charge in [-0.3, -0.25) is 4.79 Å². The molecule has 26 heteroatoms. The molecule has 0 spiro atoms. The summed E-state index contributed by atoms with van der Waals surface area (Å²) in [7, 11) is 3.03. The number of rotatable bonds is 16. The summed E-state index contributed by atoms with van der Waals surface area (Å²) in [6.45, 7) is 23.0. The molecule has 0 aliphatic carbocycles. The van der Waals surface area contributed by atoms with Gasteiger partial charge in [0.25, 0.3) is 0 Å². The van der Waals surface area contributed by atoms with Crippen LogP contribution < -0.4 is 46.7 Å². The number of carbonyl (C=O) groups excluding carboxylic acids is 3. The summed E-state index contributed by atoms with van der Waals surface area (Å²) in [5, 5.41) is 37.4. The van der Waals surface area contributed by atoms with E-state index >= 15 is 0 Å². The zero-order valence-corrected chi connectivity index (χ0v) is 59.6. The van der Waals surface area contributed by atoms with E-state index in [-0.39, 0.29) is 53.5 Å². The molecular weight excluding hydrogens is 1360 g/mol. The molecule has 4 aromatic heterocycles. The maximum Gasteiger partial charge on any atom is 0.407 e. The number of hydrogen-bond donors (Lipinski definition) is 8. The summed E-state index contributed by atoms with van der Waals surface area (Å²) in [4.78, 5) is 51.6. The van der Waals surface area contributed by atoms with Gasteiger partial charge in [-0.25, -0.2) is 24.5 Å². The van der Waals surface area contributed by atoms with Gasteiger partial charge in [-0.05, 0) is 158 Å². The number of hydrogen-bond acceptors (Lipinski definition) is 18. The quantitative estimate of drug-likeness (QED) is 0.0330. The number of benzene rings is 2. The van der Waals surface area contributed by atoms with Gasteiger partial charge < -0.3 is 75.9 Å². The number of halogens is 5. The molecule has 21 nitrogen and oxygen atoms in total. The van der Waals surface area contributed by atoms with Crippen molar-refractivity contribution < 1.29 is 48.7 Å². The predicted molar refractivity (Wildman–Crippen MR) is 375 cm³/mol. The zero-order valence-electron chi connectivity index (χ0n) is 54.0. The van der Waals surface area contributed by atoms with E-state index in [9.17, 15) is 19.5 Å². The molecule has 0 radical (unpaired) electrons. The fourth-order valence-corrected chi connectivity index (χ4v) is 10.3. The van der Waals surface area contributed by atoms with Crippen LogP contribution in [0.3, 0.4) is 0 Å². The molecule has 0 saturated carbocycles. The monoisotopic (exact) mass is 1450 g/mol. The van der Waals surface area contributed by atoms with Crippen LogP contribution in [0.25, 0.3) is 16.9 Å². The van der Waals surface area contributed by atoms with Gasteiger partial charge in [0.05, 0.1) is 49.0 Å². The topological polar surface area (TPSA) is 287 Å². The number of aliphatic hydroxyl groups excluding tert-OH is 3. The smallest absolute Gasteiger partial charge is 0.407 e. The number of carbonyl (C=O) groups is 3. The lowest BCUT2D eigenvalue weighted by molar-refractivity contribution is 0.0509. The van der Waals surface area contributed by atoms with E-state index in [1.54, 1.807) is 49.8 Å². The van der Waals surface area contributed by atoms with Crippen LogP contribution in [0.1, 0.15) is 115 Å². The molecule has 3 aliphatic heterocycles. The van der Waals surface area contributed by atoms with Gasteiger partial charge in [-0.15, -0.1) is 17.0 Å². The average Bonchev–Trinajstić information content (AvgIpc) is 1.76. The van der Waals surface area contributed by atoms with E-state index in [0.29, 0.717) is 80.9 Å². The number of nitrogens with one attached hydrogen (secondary N) is 3. The number of unbranched alkanes of at least 4 members (excludes halogenated alkanes) is 1. The number of ether oxygens (including phenoxy) is 4. The first-order valence-corrected chi connectivity index (χ1v) is 32.4. The number of pyridine rings is 3. The number of amides is 2. The van der Waals surface area contributed by atoms with Gasteiger partial charge >= 0.3 is 12.2 Å². The van der Waals surface area contributed by atoms with Crippen LogP contribution in [0.2, 0.25) is 15.1 Å². The van der Waals surface area contributed by atoms with Crippen LogP contribution >= 0.6 is 67.7 Å². The van der Waals surface area contributed by atoms with Crippen molar-refractivity contribution in [3.8, 4) is 22.8 Å².